The molecule has 1 aromatic heterocycles. The lowest BCUT2D eigenvalue weighted by molar-refractivity contribution is 0.424. The number of aryl methyl sites for hydroxylation is 1. The molecule has 0 saturated carbocycles. The van der Waals surface area contributed by atoms with Crippen molar-refractivity contribution in [2.75, 3.05) is 11.9 Å². The minimum absolute atomic E-state index is 0.0704. The van der Waals surface area contributed by atoms with Gasteiger partial charge in [-0.3, -0.25) is 0 Å². The zero-order valence-electron chi connectivity index (χ0n) is 11.6. The molecule has 2 N–H and O–H groups in total. The van der Waals surface area contributed by atoms with Crippen LogP contribution >= 0.6 is 0 Å². The summed E-state index contributed by atoms with van der Waals surface area (Å²) in [6, 6.07) is 8.52. The average Bonchev–Trinajstić information content (AvgIpc) is 2.87. The second kappa shape index (κ2) is 6.33. The van der Waals surface area contributed by atoms with Gasteiger partial charge < -0.3 is 15.1 Å². The van der Waals surface area contributed by atoms with Crippen LogP contribution in [0.1, 0.15) is 37.8 Å². The molecule has 0 saturated heterocycles. The summed E-state index contributed by atoms with van der Waals surface area (Å²) >= 11 is 0. The molecule has 0 bridgehead atoms. The quantitative estimate of drug-likeness (QED) is 0.835. The molecule has 1 heterocycles. The molecule has 102 valence electrons. The van der Waals surface area contributed by atoms with Gasteiger partial charge in [-0.2, -0.15) is 0 Å². The third-order valence-electron chi connectivity index (χ3n) is 2.81. The Labute approximate surface area is 113 Å². The maximum atomic E-state index is 5.58. The Kier molecular flexibility index (Phi) is 4.52. The van der Waals surface area contributed by atoms with Crippen LogP contribution in [-0.4, -0.2) is 16.7 Å². The number of hydrogen-bond acceptors (Lipinski definition) is 5. The number of hydrogen-bond donors (Lipinski definition) is 2. The Bertz CT molecular complexity index is 506. The number of anilines is 2. The highest BCUT2D eigenvalue weighted by atomic mass is 16.4. The van der Waals surface area contributed by atoms with E-state index in [1.165, 1.54) is 5.56 Å². The molecule has 1 unspecified atom stereocenters. The first-order valence-corrected chi connectivity index (χ1v) is 6.59. The molecule has 0 aliphatic carbocycles. The molecule has 0 fully saturated rings. The van der Waals surface area contributed by atoms with Gasteiger partial charge in [-0.15, -0.1) is 5.10 Å². The third-order valence-corrected chi connectivity index (χ3v) is 2.81. The second-order valence-corrected chi connectivity index (χ2v) is 4.61. The zero-order chi connectivity index (χ0) is 13.7. The van der Waals surface area contributed by atoms with Gasteiger partial charge in [-0.05, 0) is 38.9 Å². The summed E-state index contributed by atoms with van der Waals surface area (Å²) in [4.78, 5) is 0. The van der Waals surface area contributed by atoms with E-state index in [9.17, 15) is 0 Å². The van der Waals surface area contributed by atoms with Gasteiger partial charge in [-0.25, -0.2) is 0 Å². The fourth-order valence-corrected chi connectivity index (χ4v) is 1.67. The van der Waals surface area contributed by atoms with Crippen molar-refractivity contribution in [3.05, 3.63) is 35.7 Å². The van der Waals surface area contributed by atoms with Crippen LogP contribution in [0.25, 0.3) is 0 Å². The maximum Gasteiger partial charge on any atom is 0.320 e. The Morgan fingerprint density at radius 3 is 2.63 bits per heavy atom. The van der Waals surface area contributed by atoms with E-state index in [-0.39, 0.29) is 6.04 Å². The summed E-state index contributed by atoms with van der Waals surface area (Å²) in [7, 11) is 0. The topological polar surface area (TPSA) is 63.0 Å². The summed E-state index contributed by atoms with van der Waals surface area (Å²) in [6.07, 6.45) is 1.08. The molecule has 0 aliphatic rings. The summed E-state index contributed by atoms with van der Waals surface area (Å²) in [5.41, 5.74) is 2.16. The van der Waals surface area contributed by atoms with Crippen LogP contribution in [0.2, 0.25) is 0 Å². The molecule has 2 aromatic rings. The first-order chi connectivity index (χ1) is 9.19. The van der Waals surface area contributed by atoms with Crippen molar-refractivity contribution in [1.29, 1.82) is 0 Å². The SMILES string of the molecule is CCCNC(C)c1nnc(Nc2ccc(C)cc2)o1. The minimum Gasteiger partial charge on any atom is -0.406 e. The van der Waals surface area contributed by atoms with E-state index in [0.717, 1.165) is 18.7 Å². The van der Waals surface area contributed by atoms with Crippen LogP contribution in [0.3, 0.4) is 0 Å². The van der Waals surface area contributed by atoms with Gasteiger partial charge in [0.15, 0.2) is 0 Å². The van der Waals surface area contributed by atoms with E-state index < -0.39 is 0 Å². The summed E-state index contributed by atoms with van der Waals surface area (Å²) in [6.45, 7) is 7.12. The molecule has 0 amide bonds. The first-order valence-electron chi connectivity index (χ1n) is 6.59. The van der Waals surface area contributed by atoms with E-state index in [1.54, 1.807) is 0 Å². The molecule has 0 aliphatic heterocycles. The highest BCUT2D eigenvalue weighted by Crippen LogP contribution is 2.18. The molecule has 2 rings (SSSR count). The van der Waals surface area contributed by atoms with Crippen LogP contribution in [0.15, 0.2) is 28.7 Å². The average molecular weight is 260 g/mol. The number of benzene rings is 1. The maximum absolute atomic E-state index is 5.58. The summed E-state index contributed by atoms with van der Waals surface area (Å²) in [5.74, 6) is 0.600. The molecule has 5 heteroatoms. The number of nitrogens with one attached hydrogen (secondary N) is 2. The van der Waals surface area contributed by atoms with Crippen molar-refractivity contribution in [3.8, 4) is 0 Å². The lowest BCUT2D eigenvalue weighted by atomic mass is 10.2. The van der Waals surface area contributed by atoms with Crippen LogP contribution in [0.4, 0.5) is 11.7 Å². The lowest BCUT2D eigenvalue weighted by Gasteiger charge is -2.07. The largest absolute Gasteiger partial charge is 0.406 e. The molecule has 19 heavy (non-hydrogen) atoms. The van der Waals surface area contributed by atoms with E-state index in [4.69, 9.17) is 4.42 Å². The van der Waals surface area contributed by atoms with E-state index >= 15 is 0 Å². The van der Waals surface area contributed by atoms with Crippen molar-refractivity contribution in [2.24, 2.45) is 0 Å². The Balaban J connectivity index is 1.98. The minimum atomic E-state index is 0.0704. The standard InChI is InChI=1S/C14H20N4O/c1-4-9-15-11(3)13-17-18-14(19-13)16-12-7-5-10(2)6-8-12/h5-8,11,15H,4,9H2,1-3H3,(H,16,18). The first kappa shape index (κ1) is 13.5. The number of rotatable bonds is 6. The fourth-order valence-electron chi connectivity index (χ4n) is 1.67. The molecule has 1 atom stereocenters. The highest BCUT2D eigenvalue weighted by molar-refractivity contribution is 5.52. The van der Waals surface area contributed by atoms with Crippen LogP contribution < -0.4 is 10.6 Å². The summed E-state index contributed by atoms with van der Waals surface area (Å²) < 4.78 is 5.58. The van der Waals surface area contributed by atoms with Gasteiger partial charge in [0.05, 0.1) is 6.04 Å². The van der Waals surface area contributed by atoms with Gasteiger partial charge in [-0.1, -0.05) is 29.7 Å². The van der Waals surface area contributed by atoms with Gasteiger partial charge in [0.1, 0.15) is 0 Å². The Hall–Kier alpha value is -1.88. The molecule has 1 aromatic carbocycles. The molecular weight excluding hydrogens is 240 g/mol. The van der Waals surface area contributed by atoms with E-state index in [0.29, 0.717) is 11.9 Å². The van der Waals surface area contributed by atoms with Crippen molar-refractivity contribution >= 4 is 11.7 Å². The van der Waals surface area contributed by atoms with E-state index in [2.05, 4.69) is 34.7 Å². The smallest absolute Gasteiger partial charge is 0.320 e. The van der Waals surface area contributed by atoms with Crippen LogP contribution in [-0.2, 0) is 0 Å². The molecule has 5 nitrogen and oxygen atoms in total. The summed E-state index contributed by atoms with van der Waals surface area (Å²) in [5, 5.41) is 14.4. The third kappa shape index (κ3) is 3.79. The monoisotopic (exact) mass is 260 g/mol. The van der Waals surface area contributed by atoms with Gasteiger partial charge in [0.2, 0.25) is 5.89 Å². The number of aromatic nitrogens is 2. The van der Waals surface area contributed by atoms with Gasteiger partial charge in [0, 0.05) is 5.69 Å². The Morgan fingerprint density at radius 1 is 1.21 bits per heavy atom. The zero-order valence-corrected chi connectivity index (χ0v) is 11.6. The Morgan fingerprint density at radius 2 is 1.95 bits per heavy atom. The lowest BCUT2D eigenvalue weighted by Crippen LogP contribution is -2.19. The van der Waals surface area contributed by atoms with Crippen molar-refractivity contribution < 1.29 is 4.42 Å². The second-order valence-electron chi connectivity index (χ2n) is 4.61. The molecule has 0 radical (unpaired) electrons. The van der Waals surface area contributed by atoms with E-state index in [1.807, 2.05) is 31.2 Å². The van der Waals surface area contributed by atoms with Gasteiger partial charge in [0.25, 0.3) is 0 Å². The van der Waals surface area contributed by atoms with Crippen LogP contribution in [0.5, 0.6) is 0 Å². The van der Waals surface area contributed by atoms with Crippen molar-refractivity contribution in [2.45, 2.75) is 33.2 Å². The molecule has 0 spiro atoms. The predicted molar refractivity (Wildman–Crippen MR) is 75.5 cm³/mol. The predicted octanol–water partition coefficient (Wildman–Crippen LogP) is 3.18. The number of nitrogens with zero attached hydrogens (tertiary/aromatic N) is 2. The highest BCUT2D eigenvalue weighted by Gasteiger charge is 2.12. The normalized spacial score (nSPS) is 12.4. The van der Waals surface area contributed by atoms with Crippen LogP contribution in [0, 0.1) is 6.92 Å². The van der Waals surface area contributed by atoms with Crippen molar-refractivity contribution in [1.82, 2.24) is 15.5 Å². The fraction of sp³-hybridized carbons (Fsp3) is 0.429. The van der Waals surface area contributed by atoms with Crippen molar-refractivity contribution in [3.63, 3.8) is 0 Å². The molecular formula is C14H20N4O. The van der Waals surface area contributed by atoms with Gasteiger partial charge >= 0.3 is 6.01 Å².